The van der Waals surface area contributed by atoms with Crippen molar-refractivity contribution in [2.75, 3.05) is 5.73 Å². The summed E-state index contributed by atoms with van der Waals surface area (Å²) in [6.07, 6.45) is 6.17. The number of nitrogen functional groups attached to an aromatic ring is 1. The number of aryl methyl sites for hydroxylation is 1. The fourth-order valence-corrected chi connectivity index (χ4v) is 4.47. The number of benzene rings is 2. The van der Waals surface area contributed by atoms with Crippen molar-refractivity contribution in [1.82, 2.24) is 44.2 Å². The molecule has 4 aromatic heterocycles. The van der Waals surface area contributed by atoms with Crippen LogP contribution < -0.4 is 16.6 Å². The monoisotopic (exact) mass is 530 g/mol. The molecule has 12 heteroatoms. The van der Waals surface area contributed by atoms with E-state index in [1.165, 1.54) is 21.7 Å². The van der Waals surface area contributed by atoms with Gasteiger partial charge in [-0.05, 0) is 31.2 Å². The van der Waals surface area contributed by atoms with Gasteiger partial charge >= 0.3 is 0 Å². The SMILES string of the molecule is C[C@H](NC(=O)c1c(N)nn2cncnc12)c1nc2cccc(C#Cc3cnn(C)c3)c2c(=O)n1-c1ccccc1. The first-order valence-corrected chi connectivity index (χ1v) is 12.3. The van der Waals surface area contributed by atoms with Crippen LogP contribution in [0.15, 0.2) is 78.4 Å². The third-order valence-corrected chi connectivity index (χ3v) is 6.28. The lowest BCUT2D eigenvalue weighted by Gasteiger charge is -2.20. The van der Waals surface area contributed by atoms with Gasteiger partial charge in [0, 0.05) is 18.8 Å². The molecule has 0 aliphatic rings. The van der Waals surface area contributed by atoms with Crippen LogP contribution in [0.1, 0.15) is 40.3 Å². The second-order valence-corrected chi connectivity index (χ2v) is 9.03. The fourth-order valence-electron chi connectivity index (χ4n) is 4.47. The summed E-state index contributed by atoms with van der Waals surface area (Å²) in [5.74, 6) is 5.99. The van der Waals surface area contributed by atoms with Crippen LogP contribution in [0, 0.1) is 11.8 Å². The summed E-state index contributed by atoms with van der Waals surface area (Å²) in [6.45, 7) is 1.74. The summed E-state index contributed by atoms with van der Waals surface area (Å²) in [5, 5.41) is 11.5. The number of nitrogens with zero attached hydrogens (tertiary/aromatic N) is 8. The number of aromatic nitrogens is 8. The minimum Gasteiger partial charge on any atom is -0.381 e. The maximum absolute atomic E-state index is 14.1. The molecule has 0 aliphatic carbocycles. The van der Waals surface area contributed by atoms with Crippen molar-refractivity contribution in [1.29, 1.82) is 0 Å². The van der Waals surface area contributed by atoms with Crippen molar-refractivity contribution >= 4 is 28.3 Å². The van der Waals surface area contributed by atoms with E-state index in [-0.39, 0.29) is 22.6 Å². The van der Waals surface area contributed by atoms with Crippen molar-refractivity contribution in [3.63, 3.8) is 0 Å². The highest BCUT2D eigenvalue weighted by molar-refractivity contribution is 6.04. The Labute approximate surface area is 227 Å². The van der Waals surface area contributed by atoms with Crippen LogP contribution in [0.5, 0.6) is 0 Å². The fraction of sp³-hybridized carbons (Fsp3) is 0.107. The highest BCUT2D eigenvalue weighted by Gasteiger charge is 2.25. The van der Waals surface area contributed by atoms with Crippen molar-refractivity contribution < 1.29 is 4.79 Å². The summed E-state index contributed by atoms with van der Waals surface area (Å²) in [7, 11) is 1.81. The number of anilines is 1. The average Bonchev–Trinajstić information content (AvgIpc) is 3.53. The van der Waals surface area contributed by atoms with Gasteiger partial charge in [0.15, 0.2) is 11.5 Å². The van der Waals surface area contributed by atoms with Crippen molar-refractivity contribution in [2.45, 2.75) is 13.0 Å². The van der Waals surface area contributed by atoms with Crippen molar-refractivity contribution in [3.8, 4) is 17.5 Å². The van der Waals surface area contributed by atoms with Gasteiger partial charge in [-0.1, -0.05) is 36.1 Å². The lowest BCUT2D eigenvalue weighted by molar-refractivity contribution is 0.0940. The smallest absolute Gasteiger partial charge is 0.267 e. The number of amides is 1. The molecule has 0 unspecified atom stereocenters. The average molecular weight is 531 g/mol. The number of hydrogen-bond acceptors (Lipinski definition) is 8. The molecule has 1 amide bonds. The molecule has 2 aromatic carbocycles. The number of rotatable bonds is 4. The number of hydrogen-bond donors (Lipinski definition) is 2. The van der Waals surface area contributed by atoms with Crippen LogP contribution >= 0.6 is 0 Å². The van der Waals surface area contributed by atoms with Gasteiger partial charge in [-0.25, -0.2) is 19.5 Å². The molecule has 0 saturated heterocycles. The van der Waals surface area contributed by atoms with Gasteiger partial charge in [0.2, 0.25) is 0 Å². The molecule has 0 fully saturated rings. The lowest BCUT2D eigenvalue weighted by atomic mass is 10.1. The maximum atomic E-state index is 14.1. The summed E-state index contributed by atoms with van der Waals surface area (Å²) < 4.78 is 4.48. The molecule has 40 heavy (non-hydrogen) atoms. The molecule has 0 bridgehead atoms. The van der Waals surface area contributed by atoms with Gasteiger partial charge in [0.25, 0.3) is 11.5 Å². The Bertz CT molecular complexity index is 2030. The molecule has 0 saturated carbocycles. The Morgan fingerprint density at radius 3 is 2.70 bits per heavy atom. The Balaban J connectivity index is 1.48. The lowest BCUT2D eigenvalue weighted by Crippen LogP contribution is -2.33. The molecule has 6 aromatic rings. The Morgan fingerprint density at radius 2 is 1.93 bits per heavy atom. The summed E-state index contributed by atoms with van der Waals surface area (Å²) >= 11 is 0. The van der Waals surface area contributed by atoms with E-state index in [0.29, 0.717) is 28.0 Å². The molecule has 0 radical (unpaired) electrons. The van der Waals surface area contributed by atoms with Crippen LogP contribution in [0.25, 0.3) is 22.2 Å². The highest BCUT2D eigenvalue weighted by atomic mass is 16.2. The second-order valence-electron chi connectivity index (χ2n) is 9.03. The number of para-hydroxylation sites is 1. The molecule has 0 spiro atoms. The zero-order valence-electron chi connectivity index (χ0n) is 21.5. The minimum absolute atomic E-state index is 0.00829. The Kier molecular flexibility index (Phi) is 6.01. The predicted molar refractivity (Wildman–Crippen MR) is 148 cm³/mol. The van der Waals surface area contributed by atoms with Gasteiger partial charge < -0.3 is 11.1 Å². The third kappa shape index (κ3) is 4.31. The summed E-state index contributed by atoms with van der Waals surface area (Å²) in [5.41, 5.74) is 8.39. The van der Waals surface area contributed by atoms with Gasteiger partial charge in [-0.3, -0.25) is 18.8 Å². The molecule has 0 aliphatic heterocycles. The van der Waals surface area contributed by atoms with Crippen LogP contribution in [-0.4, -0.2) is 44.8 Å². The number of carbonyl (C=O) groups excluding carboxylic acids is 1. The van der Waals surface area contributed by atoms with Crippen LogP contribution in [0.3, 0.4) is 0 Å². The minimum atomic E-state index is -0.703. The van der Waals surface area contributed by atoms with Gasteiger partial charge in [0.1, 0.15) is 24.0 Å². The van der Waals surface area contributed by atoms with Gasteiger partial charge in [-0.2, -0.15) is 5.10 Å². The molecule has 1 atom stereocenters. The molecule has 4 heterocycles. The first kappa shape index (κ1) is 24.5. The number of carbonyl (C=O) groups is 1. The third-order valence-electron chi connectivity index (χ3n) is 6.28. The quantitative estimate of drug-likeness (QED) is 0.329. The van der Waals surface area contributed by atoms with E-state index in [4.69, 9.17) is 10.7 Å². The van der Waals surface area contributed by atoms with E-state index in [0.717, 1.165) is 5.56 Å². The van der Waals surface area contributed by atoms with Gasteiger partial charge in [-0.15, -0.1) is 5.10 Å². The molecule has 12 nitrogen and oxygen atoms in total. The van der Waals surface area contributed by atoms with E-state index < -0.39 is 11.9 Å². The first-order valence-electron chi connectivity index (χ1n) is 12.3. The summed E-state index contributed by atoms with van der Waals surface area (Å²) in [6, 6.07) is 13.7. The molecule has 196 valence electrons. The van der Waals surface area contributed by atoms with Crippen LogP contribution in [-0.2, 0) is 7.05 Å². The number of nitrogens with one attached hydrogen (secondary N) is 1. The first-order chi connectivity index (χ1) is 19.4. The molecule has 6 rings (SSSR count). The van der Waals surface area contributed by atoms with E-state index in [2.05, 4.69) is 37.3 Å². The molecular weight excluding hydrogens is 508 g/mol. The highest BCUT2D eigenvalue weighted by Crippen LogP contribution is 2.22. The van der Waals surface area contributed by atoms with Crippen molar-refractivity contribution in [3.05, 3.63) is 106 Å². The zero-order chi connectivity index (χ0) is 27.8. The van der Waals surface area contributed by atoms with E-state index in [1.54, 1.807) is 54.3 Å². The van der Waals surface area contributed by atoms with E-state index in [9.17, 15) is 9.59 Å². The van der Waals surface area contributed by atoms with Crippen molar-refractivity contribution in [2.24, 2.45) is 7.05 Å². The van der Waals surface area contributed by atoms with E-state index in [1.807, 2.05) is 25.2 Å². The standard InChI is InChI=1S/C28H22N10O2/c1-17(33-27(39)23-24(29)35-37-16-30-15-31-26(23)37)25-34-21-10-6-7-19(12-11-18-13-32-36(2)14-18)22(21)28(40)38(25)20-8-4-3-5-9-20/h3-10,13-17H,1-2H3,(H2,29,35)(H,33,39)/t17-/m0/s1. The van der Waals surface area contributed by atoms with Crippen LogP contribution in [0.2, 0.25) is 0 Å². The number of fused-ring (bicyclic) bond motifs is 2. The number of nitrogens with two attached hydrogens (primary N) is 1. The normalized spacial score (nSPS) is 11.8. The van der Waals surface area contributed by atoms with E-state index >= 15 is 0 Å². The summed E-state index contributed by atoms with van der Waals surface area (Å²) in [4.78, 5) is 40.3. The topological polar surface area (TPSA) is 151 Å². The zero-order valence-corrected chi connectivity index (χ0v) is 21.5. The van der Waals surface area contributed by atoms with Gasteiger partial charge in [0.05, 0.1) is 34.4 Å². The molecule has 3 N–H and O–H groups in total. The Hall–Kier alpha value is -5.83. The second kappa shape index (κ2) is 9.80. The predicted octanol–water partition coefficient (Wildman–Crippen LogP) is 2.03. The van der Waals surface area contributed by atoms with Crippen LogP contribution in [0.4, 0.5) is 5.82 Å². The Morgan fingerprint density at radius 1 is 1.10 bits per heavy atom. The maximum Gasteiger partial charge on any atom is 0.267 e. The largest absolute Gasteiger partial charge is 0.381 e. The molecular formula is C28H22N10O2.